The zero-order valence-corrected chi connectivity index (χ0v) is 13.7. The first-order chi connectivity index (χ1) is 10.2. The highest BCUT2D eigenvalue weighted by Crippen LogP contribution is 2.21. The van der Waals surface area contributed by atoms with Gasteiger partial charge in [-0.15, -0.1) is 0 Å². The molecule has 2 aromatic rings. The van der Waals surface area contributed by atoms with E-state index in [-0.39, 0.29) is 5.28 Å². The van der Waals surface area contributed by atoms with E-state index < -0.39 is 0 Å². The number of hydrogen-bond acceptors (Lipinski definition) is 5. The number of nitrogens with zero attached hydrogens (tertiary/aromatic N) is 4. The van der Waals surface area contributed by atoms with E-state index in [1.165, 1.54) is 19.3 Å². The maximum atomic E-state index is 6.02. The lowest BCUT2D eigenvalue weighted by molar-refractivity contribution is 0.567. The van der Waals surface area contributed by atoms with Crippen LogP contribution in [0.25, 0.3) is 0 Å². The zero-order chi connectivity index (χ0) is 14.7. The molecule has 1 aliphatic heterocycles. The van der Waals surface area contributed by atoms with E-state index in [1.54, 1.807) is 0 Å². The van der Waals surface area contributed by atoms with E-state index in [0.29, 0.717) is 11.9 Å². The van der Waals surface area contributed by atoms with Gasteiger partial charge in [0.05, 0.1) is 0 Å². The highest BCUT2D eigenvalue weighted by molar-refractivity contribution is 9.10. The third kappa shape index (κ3) is 3.83. The van der Waals surface area contributed by atoms with Crippen molar-refractivity contribution in [1.82, 2.24) is 15.0 Å². The van der Waals surface area contributed by atoms with Gasteiger partial charge in [-0.1, -0.05) is 15.9 Å². The van der Waals surface area contributed by atoms with Crippen LogP contribution in [0.15, 0.2) is 28.7 Å². The predicted octanol–water partition coefficient (Wildman–Crippen LogP) is 4.02. The number of benzene rings is 1. The second kappa shape index (κ2) is 6.58. The van der Waals surface area contributed by atoms with Gasteiger partial charge < -0.3 is 10.2 Å². The van der Waals surface area contributed by atoms with E-state index in [1.807, 2.05) is 24.3 Å². The first-order valence-corrected chi connectivity index (χ1v) is 8.07. The molecule has 0 saturated carbocycles. The minimum Gasteiger partial charge on any atom is -0.341 e. The summed E-state index contributed by atoms with van der Waals surface area (Å²) in [5, 5.41) is 3.37. The van der Waals surface area contributed by atoms with Crippen molar-refractivity contribution >= 4 is 45.1 Å². The standard InChI is InChI=1S/C14H15BrClN5/c15-10-4-6-11(7-5-10)17-13-18-12(16)19-14(20-13)21-8-2-1-3-9-21/h4-7H,1-3,8-9H2,(H,17,18,19,20). The van der Waals surface area contributed by atoms with E-state index in [0.717, 1.165) is 23.2 Å². The van der Waals surface area contributed by atoms with Crippen LogP contribution >= 0.6 is 27.5 Å². The predicted molar refractivity (Wildman–Crippen MR) is 88.3 cm³/mol. The van der Waals surface area contributed by atoms with Crippen LogP contribution in [-0.2, 0) is 0 Å². The average molecular weight is 369 g/mol. The van der Waals surface area contributed by atoms with Crippen LogP contribution in [0.5, 0.6) is 0 Å². The molecule has 1 fully saturated rings. The van der Waals surface area contributed by atoms with Gasteiger partial charge in [-0.3, -0.25) is 0 Å². The Morgan fingerprint density at radius 3 is 2.43 bits per heavy atom. The van der Waals surface area contributed by atoms with Crippen LogP contribution in [0.2, 0.25) is 5.28 Å². The summed E-state index contributed by atoms with van der Waals surface area (Å²) in [5.74, 6) is 1.12. The molecule has 110 valence electrons. The lowest BCUT2D eigenvalue weighted by Crippen LogP contribution is -2.31. The molecular weight excluding hydrogens is 354 g/mol. The summed E-state index contributed by atoms with van der Waals surface area (Å²) in [4.78, 5) is 15.0. The summed E-state index contributed by atoms with van der Waals surface area (Å²) in [5.41, 5.74) is 0.907. The molecule has 2 heterocycles. The fourth-order valence-electron chi connectivity index (χ4n) is 2.29. The highest BCUT2D eigenvalue weighted by Gasteiger charge is 2.15. The van der Waals surface area contributed by atoms with Crippen LogP contribution in [0, 0.1) is 0 Å². The molecule has 1 aromatic heterocycles. The quantitative estimate of drug-likeness (QED) is 0.886. The van der Waals surface area contributed by atoms with Gasteiger partial charge in [-0.05, 0) is 55.1 Å². The number of piperidine rings is 1. The van der Waals surface area contributed by atoms with Gasteiger partial charge in [0.2, 0.25) is 17.2 Å². The molecule has 7 heteroatoms. The fraction of sp³-hybridized carbons (Fsp3) is 0.357. The van der Waals surface area contributed by atoms with Gasteiger partial charge >= 0.3 is 0 Å². The number of aromatic nitrogens is 3. The highest BCUT2D eigenvalue weighted by atomic mass is 79.9. The van der Waals surface area contributed by atoms with Gasteiger partial charge in [0.15, 0.2) is 0 Å². The number of anilines is 3. The topological polar surface area (TPSA) is 53.9 Å². The number of rotatable bonds is 3. The molecular formula is C14H15BrClN5. The summed E-state index contributed by atoms with van der Waals surface area (Å²) in [6.07, 6.45) is 3.59. The van der Waals surface area contributed by atoms with Gasteiger partial charge in [0, 0.05) is 23.2 Å². The van der Waals surface area contributed by atoms with E-state index >= 15 is 0 Å². The van der Waals surface area contributed by atoms with Crippen molar-refractivity contribution in [3.05, 3.63) is 34.0 Å². The third-order valence-electron chi connectivity index (χ3n) is 3.34. The summed E-state index contributed by atoms with van der Waals surface area (Å²) >= 11 is 9.43. The molecule has 3 rings (SSSR count). The Morgan fingerprint density at radius 1 is 1.00 bits per heavy atom. The molecule has 0 spiro atoms. The van der Waals surface area contributed by atoms with Crippen molar-refractivity contribution in [2.24, 2.45) is 0 Å². The summed E-state index contributed by atoms with van der Waals surface area (Å²) in [6.45, 7) is 1.94. The first-order valence-electron chi connectivity index (χ1n) is 6.90. The minimum atomic E-state index is 0.213. The number of halogens is 2. The zero-order valence-electron chi connectivity index (χ0n) is 11.4. The largest absolute Gasteiger partial charge is 0.341 e. The smallest absolute Gasteiger partial charge is 0.233 e. The lowest BCUT2D eigenvalue weighted by Gasteiger charge is -2.26. The molecule has 0 aliphatic carbocycles. The van der Waals surface area contributed by atoms with E-state index in [4.69, 9.17) is 11.6 Å². The van der Waals surface area contributed by atoms with Gasteiger partial charge in [0.1, 0.15) is 0 Å². The average Bonchev–Trinajstić information content (AvgIpc) is 2.50. The summed E-state index contributed by atoms with van der Waals surface area (Å²) in [6, 6.07) is 7.80. The molecule has 5 nitrogen and oxygen atoms in total. The van der Waals surface area contributed by atoms with Crippen molar-refractivity contribution in [1.29, 1.82) is 0 Å². The van der Waals surface area contributed by atoms with Crippen LogP contribution in [0.3, 0.4) is 0 Å². The van der Waals surface area contributed by atoms with Gasteiger partial charge in [-0.2, -0.15) is 15.0 Å². The molecule has 1 saturated heterocycles. The second-order valence-electron chi connectivity index (χ2n) is 4.91. The maximum Gasteiger partial charge on any atom is 0.233 e. The van der Waals surface area contributed by atoms with Crippen LogP contribution in [0.1, 0.15) is 19.3 Å². The van der Waals surface area contributed by atoms with Crippen molar-refractivity contribution in [2.45, 2.75) is 19.3 Å². The Balaban J connectivity index is 1.81. The van der Waals surface area contributed by atoms with Gasteiger partial charge in [-0.25, -0.2) is 0 Å². The maximum absolute atomic E-state index is 6.02. The number of nitrogens with one attached hydrogen (secondary N) is 1. The molecule has 0 atom stereocenters. The third-order valence-corrected chi connectivity index (χ3v) is 4.03. The van der Waals surface area contributed by atoms with Crippen molar-refractivity contribution in [3.8, 4) is 0 Å². The molecule has 0 unspecified atom stereocenters. The second-order valence-corrected chi connectivity index (χ2v) is 6.16. The monoisotopic (exact) mass is 367 g/mol. The van der Waals surface area contributed by atoms with E-state index in [2.05, 4.69) is 41.1 Å². The summed E-state index contributed by atoms with van der Waals surface area (Å²) < 4.78 is 1.02. The fourth-order valence-corrected chi connectivity index (χ4v) is 2.71. The first kappa shape index (κ1) is 14.5. The van der Waals surface area contributed by atoms with E-state index in [9.17, 15) is 0 Å². The SMILES string of the molecule is Clc1nc(Nc2ccc(Br)cc2)nc(N2CCCCC2)n1. The molecule has 1 aromatic carbocycles. The van der Waals surface area contributed by atoms with Crippen molar-refractivity contribution in [2.75, 3.05) is 23.3 Å². The Labute approximate surface area is 136 Å². The molecule has 21 heavy (non-hydrogen) atoms. The Morgan fingerprint density at radius 2 is 1.71 bits per heavy atom. The minimum absolute atomic E-state index is 0.213. The normalized spacial score (nSPS) is 15.0. The summed E-state index contributed by atoms with van der Waals surface area (Å²) in [7, 11) is 0. The Bertz CT molecular complexity index is 613. The van der Waals surface area contributed by atoms with Gasteiger partial charge in [0.25, 0.3) is 0 Å². The molecule has 0 bridgehead atoms. The molecule has 1 N–H and O–H groups in total. The number of hydrogen-bond donors (Lipinski definition) is 1. The molecule has 0 radical (unpaired) electrons. The van der Waals surface area contributed by atoms with Crippen LogP contribution in [-0.4, -0.2) is 28.0 Å². The molecule has 1 aliphatic rings. The Kier molecular flexibility index (Phi) is 4.55. The Hall–Kier alpha value is -1.40. The molecule has 0 amide bonds. The van der Waals surface area contributed by atoms with Crippen LogP contribution < -0.4 is 10.2 Å². The van der Waals surface area contributed by atoms with Crippen molar-refractivity contribution in [3.63, 3.8) is 0 Å². The lowest BCUT2D eigenvalue weighted by atomic mass is 10.1. The van der Waals surface area contributed by atoms with Crippen molar-refractivity contribution < 1.29 is 0 Å². The van der Waals surface area contributed by atoms with Crippen LogP contribution in [0.4, 0.5) is 17.6 Å².